The fraction of sp³-hybridized carbons (Fsp3) is 0.364. The summed E-state index contributed by atoms with van der Waals surface area (Å²) in [6.07, 6.45) is -0.435. The van der Waals surface area contributed by atoms with Crippen LogP contribution in [-0.4, -0.2) is 37.5 Å². The fourth-order valence-electron chi connectivity index (χ4n) is 1.11. The van der Waals surface area contributed by atoms with Crippen LogP contribution in [0.15, 0.2) is 27.6 Å². The van der Waals surface area contributed by atoms with Gasteiger partial charge in [0.15, 0.2) is 9.84 Å². The summed E-state index contributed by atoms with van der Waals surface area (Å²) in [7, 11) is -1.92. The zero-order valence-corrected chi connectivity index (χ0v) is 13.0. The summed E-state index contributed by atoms with van der Waals surface area (Å²) >= 11 is 3.15. The molecule has 0 saturated carbocycles. The van der Waals surface area contributed by atoms with Gasteiger partial charge in [-0.3, -0.25) is 0 Å². The summed E-state index contributed by atoms with van der Waals surface area (Å²) < 4.78 is 23.8. The standard InChI is InChI=1S/C9H11BrO3S.C2H5NO2/c1-2-5-14(12,13)9-6-7(11)3-4-8(9)10;1-3-2(4)5/h3-4,6,11H,2,5H2,1H3;3H,1H3,(H,4,5). The van der Waals surface area contributed by atoms with Crippen molar-refractivity contribution in [1.82, 2.24) is 5.32 Å². The lowest BCUT2D eigenvalue weighted by Crippen LogP contribution is -2.13. The van der Waals surface area contributed by atoms with Gasteiger partial charge in [-0.05, 0) is 40.5 Å². The minimum Gasteiger partial charge on any atom is -0.508 e. The highest BCUT2D eigenvalue weighted by molar-refractivity contribution is 9.10. The topological polar surface area (TPSA) is 104 Å². The Morgan fingerprint density at radius 3 is 2.37 bits per heavy atom. The van der Waals surface area contributed by atoms with Gasteiger partial charge in [-0.25, -0.2) is 13.2 Å². The number of benzene rings is 1. The molecule has 8 heteroatoms. The van der Waals surface area contributed by atoms with E-state index in [1.54, 1.807) is 6.92 Å². The molecule has 1 amide bonds. The van der Waals surface area contributed by atoms with E-state index in [1.807, 2.05) is 5.32 Å². The van der Waals surface area contributed by atoms with Crippen molar-refractivity contribution in [2.75, 3.05) is 12.8 Å². The van der Waals surface area contributed by atoms with E-state index in [0.29, 0.717) is 10.9 Å². The van der Waals surface area contributed by atoms with E-state index in [1.165, 1.54) is 25.2 Å². The molecule has 3 N–H and O–H groups in total. The maximum Gasteiger partial charge on any atom is 0.404 e. The van der Waals surface area contributed by atoms with Gasteiger partial charge >= 0.3 is 6.09 Å². The molecule has 1 aromatic carbocycles. The number of hydrogen-bond acceptors (Lipinski definition) is 4. The Bertz CT molecular complexity index is 530. The molecule has 0 fully saturated rings. The first-order chi connectivity index (χ1) is 8.74. The summed E-state index contributed by atoms with van der Waals surface area (Å²) in [6.45, 7) is 1.80. The lowest BCUT2D eigenvalue weighted by molar-refractivity contribution is 0.197. The minimum absolute atomic E-state index is 0.0390. The molecule has 0 heterocycles. The molecule has 0 aliphatic rings. The van der Waals surface area contributed by atoms with Crippen LogP contribution in [0.3, 0.4) is 0 Å². The number of amides is 1. The second-order valence-electron chi connectivity index (χ2n) is 3.49. The monoisotopic (exact) mass is 353 g/mol. The second kappa shape index (κ2) is 8.00. The summed E-state index contributed by atoms with van der Waals surface area (Å²) in [5.74, 6) is 0.0533. The van der Waals surface area contributed by atoms with E-state index >= 15 is 0 Å². The van der Waals surface area contributed by atoms with Crippen LogP contribution >= 0.6 is 15.9 Å². The van der Waals surface area contributed by atoms with Crippen molar-refractivity contribution < 1.29 is 23.4 Å². The molecule has 0 radical (unpaired) electrons. The van der Waals surface area contributed by atoms with Gasteiger partial charge in [0.2, 0.25) is 0 Å². The van der Waals surface area contributed by atoms with Gasteiger partial charge in [-0.1, -0.05) is 6.92 Å². The number of carboxylic acid groups (broad SMARTS) is 1. The molecule has 108 valence electrons. The van der Waals surface area contributed by atoms with Crippen molar-refractivity contribution in [2.24, 2.45) is 0 Å². The van der Waals surface area contributed by atoms with Crippen molar-refractivity contribution in [2.45, 2.75) is 18.2 Å². The molecule has 0 aliphatic heterocycles. The zero-order valence-electron chi connectivity index (χ0n) is 10.6. The first kappa shape index (κ1) is 17.7. The Morgan fingerprint density at radius 1 is 1.42 bits per heavy atom. The van der Waals surface area contributed by atoms with Gasteiger partial charge in [-0.15, -0.1) is 0 Å². The molecule has 0 aliphatic carbocycles. The van der Waals surface area contributed by atoms with Gasteiger partial charge in [-0.2, -0.15) is 0 Å². The summed E-state index contributed by atoms with van der Waals surface area (Å²) in [6, 6.07) is 4.22. The van der Waals surface area contributed by atoms with Gasteiger partial charge in [0.25, 0.3) is 0 Å². The van der Waals surface area contributed by atoms with Crippen LogP contribution in [0.4, 0.5) is 4.79 Å². The van der Waals surface area contributed by atoms with E-state index in [4.69, 9.17) is 5.11 Å². The number of halogens is 1. The van der Waals surface area contributed by atoms with Gasteiger partial charge in [0.1, 0.15) is 5.75 Å². The van der Waals surface area contributed by atoms with Crippen molar-refractivity contribution in [3.63, 3.8) is 0 Å². The number of sulfone groups is 1. The minimum atomic E-state index is -3.27. The molecule has 0 aromatic heterocycles. The highest BCUT2D eigenvalue weighted by Crippen LogP contribution is 2.26. The molecule has 19 heavy (non-hydrogen) atoms. The number of rotatable bonds is 3. The zero-order chi connectivity index (χ0) is 15.1. The molecule has 0 atom stereocenters. The molecule has 0 bridgehead atoms. The first-order valence-corrected chi connectivity index (χ1v) is 7.81. The van der Waals surface area contributed by atoms with E-state index in [0.717, 1.165) is 0 Å². The number of carbonyl (C=O) groups is 1. The second-order valence-corrected chi connectivity index (χ2v) is 6.42. The number of phenolic OH excluding ortho intramolecular Hbond substituents is 1. The Balaban J connectivity index is 0.000000555. The molecular weight excluding hydrogens is 338 g/mol. The third-order valence-electron chi connectivity index (χ3n) is 1.94. The quantitative estimate of drug-likeness (QED) is 0.772. The first-order valence-electron chi connectivity index (χ1n) is 5.36. The lowest BCUT2D eigenvalue weighted by atomic mass is 10.3. The van der Waals surface area contributed by atoms with Crippen molar-refractivity contribution in [3.8, 4) is 5.75 Å². The number of hydrogen-bond donors (Lipinski definition) is 3. The van der Waals surface area contributed by atoms with Crippen LogP contribution in [0, 0.1) is 0 Å². The summed E-state index contributed by atoms with van der Waals surface area (Å²) in [4.78, 5) is 9.41. The van der Waals surface area contributed by atoms with E-state index in [-0.39, 0.29) is 16.4 Å². The van der Waals surface area contributed by atoms with Gasteiger partial charge < -0.3 is 15.5 Å². The van der Waals surface area contributed by atoms with Crippen LogP contribution < -0.4 is 5.32 Å². The van der Waals surface area contributed by atoms with Crippen LogP contribution in [0.1, 0.15) is 13.3 Å². The molecule has 0 spiro atoms. The molecular formula is C11H16BrNO5S. The van der Waals surface area contributed by atoms with Crippen LogP contribution in [0.25, 0.3) is 0 Å². The smallest absolute Gasteiger partial charge is 0.404 e. The largest absolute Gasteiger partial charge is 0.508 e. The average molecular weight is 354 g/mol. The third-order valence-corrected chi connectivity index (χ3v) is 4.84. The predicted molar refractivity (Wildman–Crippen MR) is 75.2 cm³/mol. The molecule has 1 rings (SSSR count). The molecule has 0 unspecified atom stereocenters. The van der Waals surface area contributed by atoms with E-state index in [2.05, 4.69) is 15.9 Å². The Morgan fingerprint density at radius 2 is 1.95 bits per heavy atom. The normalized spacial score (nSPS) is 10.3. The van der Waals surface area contributed by atoms with Crippen molar-refractivity contribution in [1.29, 1.82) is 0 Å². The molecule has 1 aromatic rings. The van der Waals surface area contributed by atoms with Crippen LogP contribution in [0.5, 0.6) is 5.75 Å². The number of phenols is 1. The van der Waals surface area contributed by atoms with Gasteiger partial charge in [0, 0.05) is 11.5 Å². The predicted octanol–water partition coefficient (Wildman–Crippen LogP) is 2.22. The van der Waals surface area contributed by atoms with Crippen LogP contribution in [-0.2, 0) is 9.84 Å². The Hall–Kier alpha value is -1.28. The van der Waals surface area contributed by atoms with Crippen molar-refractivity contribution >= 4 is 31.9 Å². The fourth-order valence-corrected chi connectivity index (χ4v) is 3.52. The number of nitrogens with one attached hydrogen (secondary N) is 1. The Labute approximate surface area is 120 Å². The highest BCUT2D eigenvalue weighted by Gasteiger charge is 2.17. The van der Waals surface area contributed by atoms with Gasteiger partial charge in [0.05, 0.1) is 10.6 Å². The highest BCUT2D eigenvalue weighted by atomic mass is 79.9. The maximum absolute atomic E-state index is 11.7. The summed E-state index contributed by atoms with van der Waals surface area (Å²) in [5.41, 5.74) is 0. The third kappa shape index (κ3) is 6.44. The molecule has 6 nitrogen and oxygen atoms in total. The SMILES string of the molecule is CCCS(=O)(=O)c1cc(O)ccc1Br.CNC(=O)O. The lowest BCUT2D eigenvalue weighted by Gasteiger charge is -2.05. The number of aromatic hydroxyl groups is 1. The van der Waals surface area contributed by atoms with E-state index < -0.39 is 15.9 Å². The average Bonchev–Trinajstić information content (AvgIpc) is 2.32. The van der Waals surface area contributed by atoms with Crippen LogP contribution in [0.2, 0.25) is 0 Å². The van der Waals surface area contributed by atoms with E-state index in [9.17, 15) is 18.3 Å². The maximum atomic E-state index is 11.7. The van der Waals surface area contributed by atoms with Crippen molar-refractivity contribution in [3.05, 3.63) is 22.7 Å². The molecule has 0 saturated heterocycles. The Kier molecular flexibility index (Phi) is 7.47. The summed E-state index contributed by atoms with van der Waals surface area (Å²) in [5, 5.41) is 18.7.